The number of ether oxygens (including phenoxy) is 3. The van der Waals surface area contributed by atoms with Crippen molar-refractivity contribution in [3.05, 3.63) is 53.8 Å². The lowest BCUT2D eigenvalue weighted by atomic mass is 10.0. The van der Waals surface area contributed by atoms with E-state index in [9.17, 15) is 9.18 Å². The number of likely N-dealkylation sites (tertiary alicyclic amines) is 1. The zero-order valence-electron chi connectivity index (χ0n) is 18.4. The minimum atomic E-state index is -0.293. The molecule has 0 bridgehead atoms. The van der Waals surface area contributed by atoms with E-state index >= 15 is 0 Å². The van der Waals surface area contributed by atoms with Gasteiger partial charge in [-0.1, -0.05) is 6.07 Å². The number of benzene rings is 2. The number of rotatable bonds is 10. The maximum atomic E-state index is 13.0. The minimum absolute atomic E-state index is 0.0226. The van der Waals surface area contributed by atoms with Crippen molar-refractivity contribution >= 4 is 5.91 Å². The second-order valence-electron chi connectivity index (χ2n) is 8.36. The molecule has 0 aromatic heterocycles. The number of hydrogen-bond acceptors (Lipinski definition) is 5. The molecule has 0 radical (unpaired) electrons. The molecule has 2 aliphatic rings. The van der Waals surface area contributed by atoms with Gasteiger partial charge in [0, 0.05) is 19.0 Å². The highest BCUT2D eigenvalue weighted by Crippen LogP contribution is 2.31. The smallest absolute Gasteiger partial charge is 0.220 e. The molecule has 0 spiro atoms. The summed E-state index contributed by atoms with van der Waals surface area (Å²) >= 11 is 0. The van der Waals surface area contributed by atoms with Crippen LogP contribution >= 0.6 is 0 Å². The third-order valence-electron chi connectivity index (χ3n) is 5.76. The van der Waals surface area contributed by atoms with Crippen LogP contribution in [0.2, 0.25) is 0 Å². The molecule has 2 aliphatic heterocycles. The van der Waals surface area contributed by atoms with Gasteiger partial charge in [-0.05, 0) is 80.7 Å². The summed E-state index contributed by atoms with van der Waals surface area (Å²) in [5.74, 6) is 1.89. The molecular weight excluding hydrogens is 411 g/mol. The lowest BCUT2D eigenvalue weighted by molar-refractivity contribution is -0.122. The minimum Gasteiger partial charge on any atom is -0.494 e. The van der Waals surface area contributed by atoms with Crippen LogP contribution in [0, 0.1) is 5.82 Å². The van der Waals surface area contributed by atoms with E-state index in [0.29, 0.717) is 38.4 Å². The Balaban J connectivity index is 1.28. The van der Waals surface area contributed by atoms with Crippen LogP contribution in [0.15, 0.2) is 42.5 Å². The topological polar surface area (TPSA) is 60.0 Å². The summed E-state index contributed by atoms with van der Waals surface area (Å²) in [7, 11) is 0. The largest absolute Gasteiger partial charge is 0.494 e. The van der Waals surface area contributed by atoms with Crippen LogP contribution in [0.4, 0.5) is 4.39 Å². The van der Waals surface area contributed by atoms with Crippen LogP contribution in [0.5, 0.6) is 17.2 Å². The third-order valence-corrected chi connectivity index (χ3v) is 5.76. The highest BCUT2D eigenvalue weighted by atomic mass is 19.1. The van der Waals surface area contributed by atoms with Crippen LogP contribution < -0.4 is 19.5 Å². The van der Waals surface area contributed by atoms with Crippen LogP contribution in [0.25, 0.3) is 0 Å². The van der Waals surface area contributed by atoms with Crippen molar-refractivity contribution < 1.29 is 23.4 Å². The van der Waals surface area contributed by atoms with E-state index in [4.69, 9.17) is 14.2 Å². The van der Waals surface area contributed by atoms with Gasteiger partial charge in [0.05, 0.1) is 6.61 Å². The van der Waals surface area contributed by atoms with Crippen molar-refractivity contribution in [2.24, 2.45) is 0 Å². The first-order chi connectivity index (χ1) is 15.7. The van der Waals surface area contributed by atoms with E-state index in [2.05, 4.69) is 10.2 Å². The monoisotopic (exact) mass is 442 g/mol. The first kappa shape index (κ1) is 22.4. The van der Waals surface area contributed by atoms with Gasteiger partial charge in [0.15, 0.2) is 11.5 Å². The molecule has 6 nitrogen and oxygen atoms in total. The van der Waals surface area contributed by atoms with Gasteiger partial charge < -0.3 is 24.4 Å². The first-order valence-corrected chi connectivity index (χ1v) is 11.4. The lowest BCUT2D eigenvalue weighted by Gasteiger charge is -2.25. The Morgan fingerprint density at radius 3 is 2.59 bits per heavy atom. The number of hydrogen-bond donors (Lipinski definition) is 1. The summed E-state index contributed by atoms with van der Waals surface area (Å²) in [5, 5.41) is 3.22. The second-order valence-corrected chi connectivity index (χ2v) is 8.36. The predicted octanol–water partition coefficient (Wildman–Crippen LogP) is 3.58. The van der Waals surface area contributed by atoms with Crippen LogP contribution in [0.1, 0.15) is 31.2 Å². The van der Waals surface area contributed by atoms with E-state index in [1.807, 2.05) is 18.2 Å². The van der Waals surface area contributed by atoms with Crippen molar-refractivity contribution in [2.75, 3.05) is 39.5 Å². The average molecular weight is 443 g/mol. The number of nitrogens with one attached hydrogen (secondary N) is 1. The lowest BCUT2D eigenvalue weighted by Crippen LogP contribution is -2.44. The van der Waals surface area contributed by atoms with Crippen molar-refractivity contribution in [1.29, 1.82) is 0 Å². The predicted molar refractivity (Wildman–Crippen MR) is 120 cm³/mol. The van der Waals surface area contributed by atoms with Crippen molar-refractivity contribution in [1.82, 2.24) is 10.2 Å². The zero-order chi connectivity index (χ0) is 22.2. The van der Waals surface area contributed by atoms with Gasteiger partial charge in [-0.2, -0.15) is 0 Å². The second kappa shape index (κ2) is 11.2. The zero-order valence-corrected chi connectivity index (χ0v) is 18.4. The maximum absolute atomic E-state index is 13.0. The molecule has 2 aromatic carbocycles. The number of carbonyl (C=O) groups excluding carboxylic acids is 1. The molecule has 1 atom stereocenters. The first-order valence-electron chi connectivity index (χ1n) is 11.4. The number of fused-ring (bicyclic) bond motifs is 1. The Kier molecular flexibility index (Phi) is 7.82. The fourth-order valence-electron chi connectivity index (χ4n) is 4.19. The normalized spacial score (nSPS) is 16.5. The Hall–Kier alpha value is -2.80. The van der Waals surface area contributed by atoms with Crippen LogP contribution in [-0.2, 0) is 11.2 Å². The van der Waals surface area contributed by atoms with Crippen molar-refractivity contribution in [2.45, 2.75) is 38.1 Å². The summed E-state index contributed by atoms with van der Waals surface area (Å²) in [6, 6.07) is 12.0. The maximum Gasteiger partial charge on any atom is 0.220 e. The van der Waals surface area contributed by atoms with Gasteiger partial charge in [0.25, 0.3) is 0 Å². The quantitative estimate of drug-likeness (QED) is 0.570. The number of amides is 1. The molecule has 2 heterocycles. The standard InChI is InChI=1S/C25H31FN2O4/c26-20-6-8-22(9-7-20)30-13-3-4-25(29)27-21(18-28-11-1-2-12-28)16-19-5-10-23-24(17-19)32-15-14-31-23/h5-10,17,21H,1-4,11-16,18H2,(H,27,29)/t21-/m0/s1. The molecule has 0 saturated carbocycles. The van der Waals surface area contributed by atoms with E-state index < -0.39 is 0 Å². The Morgan fingerprint density at radius 2 is 1.81 bits per heavy atom. The summed E-state index contributed by atoms with van der Waals surface area (Å²) in [4.78, 5) is 15.0. The summed E-state index contributed by atoms with van der Waals surface area (Å²) in [6.45, 7) is 4.55. The Labute approximate surface area is 188 Å². The average Bonchev–Trinajstić information content (AvgIpc) is 3.31. The van der Waals surface area contributed by atoms with Crippen LogP contribution in [-0.4, -0.2) is 56.3 Å². The molecule has 1 saturated heterocycles. The highest BCUT2D eigenvalue weighted by molar-refractivity contribution is 5.76. The fraction of sp³-hybridized carbons (Fsp3) is 0.480. The third kappa shape index (κ3) is 6.60. The molecule has 2 aromatic rings. The summed E-state index contributed by atoms with van der Waals surface area (Å²) in [5.41, 5.74) is 1.12. The SMILES string of the molecule is O=C(CCCOc1ccc(F)cc1)N[C@@H](Cc1ccc2c(c1)OCCO2)CN1CCCC1. The van der Waals surface area contributed by atoms with Crippen molar-refractivity contribution in [3.8, 4) is 17.2 Å². The van der Waals surface area contributed by atoms with Crippen LogP contribution in [0.3, 0.4) is 0 Å². The van der Waals surface area contributed by atoms with Gasteiger partial charge in [-0.25, -0.2) is 4.39 Å². The molecular formula is C25H31FN2O4. The fourth-order valence-corrected chi connectivity index (χ4v) is 4.19. The Morgan fingerprint density at radius 1 is 1.06 bits per heavy atom. The number of carbonyl (C=O) groups is 1. The van der Waals surface area contributed by atoms with Gasteiger partial charge in [-0.3, -0.25) is 4.79 Å². The van der Waals surface area contributed by atoms with E-state index in [1.165, 1.54) is 25.0 Å². The Bertz CT molecular complexity index is 884. The molecule has 1 fully saturated rings. The molecule has 4 rings (SSSR count). The molecule has 0 unspecified atom stereocenters. The molecule has 0 aliphatic carbocycles. The number of nitrogens with zero attached hydrogens (tertiary/aromatic N) is 1. The molecule has 172 valence electrons. The van der Waals surface area contributed by atoms with Crippen molar-refractivity contribution in [3.63, 3.8) is 0 Å². The van der Waals surface area contributed by atoms with Gasteiger partial charge >= 0.3 is 0 Å². The van der Waals surface area contributed by atoms with Gasteiger partial charge in [-0.15, -0.1) is 0 Å². The summed E-state index contributed by atoms with van der Waals surface area (Å²) in [6.07, 6.45) is 4.16. The molecule has 32 heavy (non-hydrogen) atoms. The molecule has 1 N–H and O–H groups in total. The van der Waals surface area contributed by atoms with E-state index in [1.54, 1.807) is 12.1 Å². The van der Waals surface area contributed by atoms with E-state index in [-0.39, 0.29) is 17.8 Å². The van der Waals surface area contributed by atoms with E-state index in [0.717, 1.165) is 43.1 Å². The van der Waals surface area contributed by atoms with Gasteiger partial charge in [0.2, 0.25) is 5.91 Å². The highest BCUT2D eigenvalue weighted by Gasteiger charge is 2.21. The number of halogens is 1. The molecule has 1 amide bonds. The summed E-state index contributed by atoms with van der Waals surface area (Å²) < 4.78 is 29.9. The molecule has 7 heteroatoms. The van der Waals surface area contributed by atoms with Gasteiger partial charge in [0.1, 0.15) is 24.8 Å².